The lowest BCUT2D eigenvalue weighted by atomic mass is 10.0. The van der Waals surface area contributed by atoms with Gasteiger partial charge in [-0.2, -0.15) is 13.2 Å². The molecule has 0 fully saturated rings. The Kier molecular flexibility index (Phi) is 2.82. The van der Waals surface area contributed by atoms with Crippen molar-refractivity contribution >= 4 is 11.6 Å². The van der Waals surface area contributed by atoms with Crippen molar-refractivity contribution in [3.8, 4) is 11.3 Å². The molecule has 7 heteroatoms. The first-order chi connectivity index (χ1) is 7.88. The Bertz CT molecular complexity index is 549. The number of nitrogens with zero attached hydrogens (tertiary/aromatic N) is 1. The van der Waals surface area contributed by atoms with Gasteiger partial charge in [-0.25, -0.2) is 4.39 Å². The van der Waals surface area contributed by atoms with Gasteiger partial charge in [-0.3, -0.25) is 0 Å². The lowest BCUT2D eigenvalue weighted by Gasteiger charge is -2.10. The Balaban J connectivity index is 2.61. The van der Waals surface area contributed by atoms with E-state index in [4.69, 9.17) is 11.6 Å². The van der Waals surface area contributed by atoms with Crippen molar-refractivity contribution in [1.82, 2.24) is 5.16 Å². The average molecular weight is 266 g/mol. The highest BCUT2D eigenvalue weighted by Crippen LogP contribution is 2.37. The van der Waals surface area contributed by atoms with E-state index in [0.29, 0.717) is 6.07 Å². The summed E-state index contributed by atoms with van der Waals surface area (Å²) in [5.74, 6) is -0.976. The summed E-state index contributed by atoms with van der Waals surface area (Å²) in [7, 11) is 0. The standard InChI is InChI=1S/C10H4ClF4NO/c11-9-4-8(16-17-9)6-2-1-5(12)3-7(6)10(13,14)15/h1-4H. The molecule has 2 rings (SSSR count). The summed E-state index contributed by atoms with van der Waals surface area (Å²) in [6, 6.07) is 3.42. The smallest absolute Gasteiger partial charge is 0.344 e. The van der Waals surface area contributed by atoms with Crippen LogP contribution in [0.2, 0.25) is 5.22 Å². The van der Waals surface area contributed by atoms with Crippen LogP contribution in [-0.2, 0) is 6.18 Å². The van der Waals surface area contributed by atoms with Gasteiger partial charge in [0.2, 0.25) is 5.22 Å². The maximum Gasteiger partial charge on any atom is 0.417 e. The van der Waals surface area contributed by atoms with Crippen LogP contribution in [0.15, 0.2) is 28.8 Å². The first-order valence-corrected chi connectivity index (χ1v) is 4.75. The minimum atomic E-state index is -4.68. The van der Waals surface area contributed by atoms with E-state index in [1.54, 1.807) is 0 Å². The molecule has 0 radical (unpaired) electrons. The van der Waals surface area contributed by atoms with Gasteiger partial charge in [0.1, 0.15) is 11.5 Å². The van der Waals surface area contributed by atoms with E-state index in [-0.39, 0.29) is 16.5 Å². The van der Waals surface area contributed by atoms with Crippen LogP contribution in [0.5, 0.6) is 0 Å². The summed E-state index contributed by atoms with van der Waals surface area (Å²) in [5.41, 5.74) is -1.50. The zero-order valence-corrected chi connectivity index (χ0v) is 8.81. The van der Waals surface area contributed by atoms with Gasteiger partial charge in [0.25, 0.3) is 0 Å². The number of halogens is 5. The third-order valence-corrected chi connectivity index (χ3v) is 2.22. The molecule has 0 spiro atoms. The van der Waals surface area contributed by atoms with Gasteiger partial charge in [-0.1, -0.05) is 5.16 Å². The number of benzene rings is 1. The highest BCUT2D eigenvalue weighted by molar-refractivity contribution is 6.29. The topological polar surface area (TPSA) is 26.0 Å². The fourth-order valence-electron chi connectivity index (χ4n) is 1.35. The van der Waals surface area contributed by atoms with Gasteiger partial charge < -0.3 is 4.52 Å². The second-order valence-electron chi connectivity index (χ2n) is 3.20. The Morgan fingerprint density at radius 1 is 1.18 bits per heavy atom. The van der Waals surface area contributed by atoms with Crippen LogP contribution in [0, 0.1) is 5.82 Å². The van der Waals surface area contributed by atoms with Crippen molar-refractivity contribution < 1.29 is 22.1 Å². The van der Waals surface area contributed by atoms with Crippen molar-refractivity contribution in [2.24, 2.45) is 0 Å². The summed E-state index contributed by atoms with van der Waals surface area (Å²) in [4.78, 5) is 0. The predicted octanol–water partition coefficient (Wildman–Crippen LogP) is 4.15. The molecule has 0 aliphatic rings. The van der Waals surface area contributed by atoms with Crippen LogP contribution >= 0.6 is 11.6 Å². The van der Waals surface area contributed by atoms with E-state index in [9.17, 15) is 17.6 Å². The molecular weight excluding hydrogens is 262 g/mol. The lowest BCUT2D eigenvalue weighted by Crippen LogP contribution is -2.07. The number of alkyl halides is 3. The summed E-state index contributed by atoms with van der Waals surface area (Å²) in [6.07, 6.45) is -4.68. The highest BCUT2D eigenvalue weighted by Gasteiger charge is 2.34. The molecule has 0 amide bonds. The van der Waals surface area contributed by atoms with E-state index < -0.39 is 17.6 Å². The Morgan fingerprint density at radius 2 is 1.88 bits per heavy atom. The Morgan fingerprint density at radius 3 is 2.41 bits per heavy atom. The molecule has 90 valence electrons. The van der Waals surface area contributed by atoms with E-state index in [2.05, 4.69) is 9.68 Å². The first kappa shape index (κ1) is 11.9. The Labute approximate surface area is 97.8 Å². The van der Waals surface area contributed by atoms with Crippen LogP contribution in [0.25, 0.3) is 11.3 Å². The van der Waals surface area contributed by atoms with Gasteiger partial charge in [-0.05, 0) is 29.8 Å². The van der Waals surface area contributed by atoms with Crippen molar-refractivity contribution in [2.75, 3.05) is 0 Å². The number of hydrogen-bond acceptors (Lipinski definition) is 2. The molecule has 2 nitrogen and oxygen atoms in total. The van der Waals surface area contributed by atoms with E-state index in [0.717, 1.165) is 18.2 Å². The second kappa shape index (κ2) is 4.03. The van der Waals surface area contributed by atoms with Gasteiger partial charge in [0.15, 0.2) is 0 Å². The van der Waals surface area contributed by atoms with Gasteiger partial charge in [0, 0.05) is 11.6 Å². The molecule has 0 aliphatic carbocycles. The van der Waals surface area contributed by atoms with Crippen LogP contribution in [0.4, 0.5) is 17.6 Å². The second-order valence-corrected chi connectivity index (χ2v) is 3.58. The third kappa shape index (κ3) is 2.41. The fourth-order valence-corrected chi connectivity index (χ4v) is 1.49. The maximum atomic E-state index is 12.8. The van der Waals surface area contributed by atoms with Crippen LogP contribution < -0.4 is 0 Å². The number of rotatable bonds is 1. The highest BCUT2D eigenvalue weighted by atomic mass is 35.5. The van der Waals surface area contributed by atoms with Crippen molar-refractivity contribution in [3.05, 3.63) is 40.9 Å². The maximum absolute atomic E-state index is 12.8. The van der Waals surface area contributed by atoms with E-state index in [1.165, 1.54) is 0 Å². The molecule has 0 bridgehead atoms. The predicted molar refractivity (Wildman–Crippen MR) is 51.9 cm³/mol. The van der Waals surface area contributed by atoms with Crippen molar-refractivity contribution in [3.63, 3.8) is 0 Å². The van der Waals surface area contributed by atoms with E-state index in [1.807, 2.05) is 0 Å². The molecule has 0 unspecified atom stereocenters. The van der Waals surface area contributed by atoms with Crippen LogP contribution in [0.1, 0.15) is 5.56 Å². The minimum absolute atomic E-state index is 0.0951. The zero-order valence-electron chi connectivity index (χ0n) is 8.05. The largest absolute Gasteiger partial charge is 0.417 e. The zero-order chi connectivity index (χ0) is 12.6. The number of hydrogen-bond donors (Lipinski definition) is 0. The third-order valence-electron chi connectivity index (χ3n) is 2.04. The first-order valence-electron chi connectivity index (χ1n) is 4.37. The SMILES string of the molecule is Fc1ccc(-c2cc(Cl)on2)c(C(F)(F)F)c1. The van der Waals surface area contributed by atoms with Crippen LogP contribution in [-0.4, -0.2) is 5.16 Å². The number of aromatic nitrogens is 1. The quantitative estimate of drug-likeness (QED) is 0.724. The van der Waals surface area contributed by atoms with Crippen molar-refractivity contribution in [2.45, 2.75) is 6.18 Å². The van der Waals surface area contributed by atoms with Gasteiger partial charge >= 0.3 is 6.18 Å². The monoisotopic (exact) mass is 265 g/mol. The molecule has 0 atom stereocenters. The molecule has 1 aromatic heterocycles. The molecule has 0 saturated heterocycles. The summed E-state index contributed by atoms with van der Waals surface area (Å²) in [6.45, 7) is 0. The van der Waals surface area contributed by atoms with Gasteiger partial charge in [0.05, 0.1) is 5.56 Å². The molecular formula is C10H4ClF4NO. The van der Waals surface area contributed by atoms with E-state index >= 15 is 0 Å². The normalized spacial score (nSPS) is 11.8. The van der Waals surface area contributed by atoms with Crippen molar-refractivity contribution in [1.29, 1.82) is 0 Å². The molecule has 2 aromatic rings. The molecule has 1 heterocycles. The molecule has 17 heavy (non-hydrogen) atoms. The molecule has 1 aromatic carbocycles. The summed E-state index contributed by atoms with van der Waals surface area (Å²) >= 11 is 5.42. The minimum Gasteiger partial charge on any atom is -0.344 e. The lowest BCUT2D eigenvalue weighted by molar-refractivity contribution is -0.137. The fraction of sp³-hybridized carbons (Fsp3) is 0.100. The summed E-state index contributed by atoms with van der Waals surface area (Å²) in [5, 5.41) is 3.22. The summed E-state index contributed by atoms with van der Waals surface area (Å²) < 4.78 is 55.3. The Hall–Kier alpha value is -1.56. The molecule has 0 N–H and O–H groups in total. The molecule has 0 aliphatic heterocycles. The average Bonchev–Trinajstić information content (AvgIpc) is 2.63. The van der Waals surface area contributed by atoms with Gasteiger partial charge in [-0.15, -0.1) is 0 Å². The van der Waals surface area contributed by atoms with Crippen LogP contribution in [0.3, 0.4) is 0 Å². The molecule has 0 saturated carbocycles.